The molecule has 2 rings (SSSR count). The highest BCUT2D eigenvalue weighted by Crippen LogP contribution is 2.33. The minimum atomic E-state index is 0.228. The van der Waals surface area contributed by atoms with Gasteiger partial charge in [-0.05, 0) is 30.5 Å². The first-order valence-electron chi connectivity index (χ1n) is 8.92. The Morgan fingerprint density at radius 1 is 1.08 bits per heavy atom. The molecule has 0 saturated heterocycles. The van der Waals surface area contributed by atoms with Crippen LogP contribution in [0.5, 0.6) is 0 Å². The maximum absolute atomic E-state index is 4.72. The van der Waals surface area contributed by atoms with E-state index in [0.29, 0.717) is 0 Å². The van der Waals surface area contributed by atoms with Crippen molar-refractivity contribution in [2.75, 3.05) is 11.9 Å². The summed E-state index contributed by atoms with van der Waals surface area (Å²) in [7, 11) is 0. The van der Waals surface area contributed by atoms with Crippen molar-refractivity contribution >= 4 is 28.8 Å². The molecule has 0 radical (unpaired) electrons. The number of anilines is 1. The lowest BCUT2D eigenvalue weighted by Crippen LogP contribution is -2.07. The Balaban J connectivity index is 1.74. The molecule has 0 saturated carbocycles. The lowest BCUT2D eigenvalue weighted by molar-refractivity contribution is 0.717. The average molecular weight is 363 g/mol. The van der Waals surface area contributed by atoms with E-state index in [1.807, 2.05) is 11.8 Å². The molecule has 0 amide bonds. The first kappa shape index (κ1) is 19.3. The largest absolute Gasteiger partial charge is 0.385 e. The van der Waals surface area contributed by atoms with Gasteiger partial charge in [0, 0.05) is 28.8 Å². The number of thioether (sulfide) groups is 1. The molecule has 1 heterocycles. The lowest BCUT2D eigenvalue weighted by atomic mass is 10.1. The maximum Gasteiger partial charge on any atom is 0.150 e. The van der Waals surface area contributed by atoms with Crippen LogP contribution in [0.1, 0.15) is 58.2 Å². The van der Waals surface area contributed by atoms with Crippen molar-refractivity contribution in [1.29, 1.82) is 0 Å². The summed E-state index contributed by atoms with van der Waals surface area (Å²) in [5.74, 6) is 0. The number of nitrogens with zero attached hydrogens (tertiary/aromatic N) is 1. The van der Waals surface area contributed by atoms with Gasteiger partial charge in [0.2, 0.25) is 0 Å². The van der Waals surface area contributed by atoms with Crippen LogP contribution in [0.25, 0.3) is 0 Å². The molecule has 2 nitrogen and oxygen atoms in total. The second-order valence-corrected chi connectivity index (χ2v) is 10.1. The molecular formula is C20H30N2S2. The van der Waals surface area contributed by atoms with E-state index in [4.69, 9.17) is 4.98 Å². The summed E-state index contributed by atoms with van der Waals surface area (Å²) in [6.07, 6.45) is 6.07. The van der Waals surface area contributed by atoms with E-state index >= 15 is 0 Å². The molecular weight excluding hydrogens is 332 g/mol. The summed E-state index contributed by atoms with van der Waals surface area (Å²) in [6.45, 7) is 9.86. The van der Waals surface area contributed by atoms with Crippen LogP contribution in [-0.4, -0.2) is 16.3 Å². The van der Waals surface area contributed by atoms with Gasteiger partial charge in [-0.1, -0.05) is 64.4 Å². The molecule has 0 atom stereocenters. The normalized spacial score (nSPS) is 11.7. The van der Waals surface area contributed by atoms with E-state index in [1.54, 1.807) is 11.3 Å². The van der Waals surface area contributed by atoms with Crippen LogP contribution in [-0.2, 0) is 12.8 Å². The minimum Gasteiger partial charge on any atom is -0.385 e. The van der Waals surface area contributed by atoms with Gasteiger partial charge in [0.1, 0.15) is 0 Å². The standard InChI is InChI=1S/C20H30N2S2/c1-5-6-7-8-16-9-11-17(12-10-16)21-14-13-18-15-23-19(22-18)24-20(2,3)4/h9-12,15,21H,5-8,13-14H2,1-4H3. The fourth-order valence-corrected chi connectivity index (χ4v) is 4.77. The van der Waals surface area contributed by atoms with Gasteiger partial charge in [-0.2, -0.15) is 0 Å². The second kappa shape index (κ2) is 9.47. The minimum absolute atomic E-state index is 0.228. The van der Waals surface area contributed by atoms with Gasteiger partial charge in [0.05, 0.1) is 5.69 Å². The topological polar surface area (TPSA) is 24.9 Å². The Hall–Kier alpha value is -1.00. The van der Waals surface area contributed by atoms with E-state index in [0.717, 1.165) is 13.0 Å². The number of rotatable bonds is 9. The van der Waals surface area contributed by atoms with Crippen molar-refractivity contribution in [2.24, 2.45) is 0 Å². The fraction of sp³-hybridized carbons (Fsp3) is 0.550. The summed E-state index contributed by atoms with van der Waals surface area (Å²) >= 11 is 3.61. The number of hydrogen-bond acceptors (Lipinski definition) is 4. The van der Waals surface area contributed by atoms with E-state index < -0.39 is 0 Å². The quantitative estimate of drug-likeness (QED) is 0.411. The van der Waals surface area contributed by atoms with Gasteiger partial charge in [-0.15, -0.1) is 11.3 Å². The zero-order chi connectivity index (χ0) is 17.4. The van der Waals surface area contributed by atoms with Crippen molar-refractivity contribution in [1.82, 2.24) is 4.98 Å². The predicted molar refractivity (Wildman–Crippen MR) is 110 cm³/mol. The first-order valence-corrected chi connectivity index (χ1v) is 10.6. The molecule has 0 fully saturated rings. The smallest absolute Gasteiger partial charge is 0.150 e. The Labute approximate surface area is 155 Å². The van der Waals surface area contributed by atoms with Crippen molar-refractivity contribution in [2.45, 2.75) is 68.9 Å². The number of nitrogens with one attached hydrogen (secondary N) is 1. The molecule has 24 heavy (non-hydrogen) atoms. The summed E-state index contributed by atoms with van der Waals surface area (Å²) in [4.78, 5) is 4.72. The SMILES string of the molecule is CCCCCc1ccc(NCCc2csc(SC(C)(C)C)n2)cc1. The van der Waals surface area contributed by atoms with Crippen molar-refractivity contribution in [3.63, 3.8) is 0 Å². The average Bonchev–Trinajstić information content (AvgIpc) is 2.94. The van der Waals surface area contributed by atoms with Crippen LogP contribution in [0.2, 0.25) is 0 Å². The molecule has 132 valence electrons. The first-order chi connectivity index (χ1) is 11.5. The maximum atomic E-state index is 4.72. The highest BCUT2D eigenvalue weighted by Gasteiger charge is 2.14. The number of aromatic nitrogens is 1. The highest BCUT2D eigenvalue weighted by atomic mass is 32.2. The zero-order valence-corrected chi connectivity index (χ0v) is 17.0. The highest BCUT2D eigenvalue weighted by molar-refractivity contribution is 8.02. The summed E-state index contributed by atoms with van der Waals surface area (Å²) in [5, 5.41) is 5.69. The number of unbranched alkanes of at least 4 members (excludes halogenated alkanes) is 2. The Bertz CT molecular complexity index is 597. The lowest BCUT2D eigenvalue weighted by Gasteiger charge is -2.14. The number of hydrogen-bond donors (Lipinski definition) is 1. The van der Waals surface area contributed by atoms with Crippen LogP contribution in [0.4, 0.5) is 5.69 Å². The Morgan fingerprint density at radius 3 is 2.50 bits per heavy atom. The van der Waals surface area contributed by atoms with E-state index in [-0.39, 0.29) is 4.75 Å². The van der Waals surface area contributed by atoms with Crippen LogP contribution >= 0.6 is 23.1 Å². The second-order valence-electron chi connectivity index (χ2n) is 7.15. The van der Waals surface area contributed by atoms with Gasteiger partial charge < -0.3 is 5.32 Å². The molecule has 1 aromatic carbocycles. The molecule has 0 bridgehead atoms. The molecule has 0 unspecified atom stereocenters. The molecule has 1 aromatic heterocycles. The molecule has 0 aliphatic rings. The predicted octanol–water partition coefficient (Wildman–Crippen LogP) is 6.42. The molecule has 4 heteroatoms. The third kappa shape index (κ3) is 7.27. The molecule has 1 N–H and O–H groups in total. The third-order valence-electron chi connectivity index (χ3n) is 3.66. The van der Waals surface area contributed by atoms with E-state index in [1.165, 1.54) is 47.0 Å². The number of aryl methyl sites for hydroxylation is 1. The molecule has 2 aromatic rings. The van der Waals surface area contributed by atoms with Gasteiger partial charge in [-0.25, -0.2) is 4.98 Å². The Morgan fingerprint density at radius 2 is 1.83 bits per heavy atom. The monoisotopic (exact) mass is 362 g/mol. The third-order valence-corrected chi connectivity index (χ3v) is 5.76. The fourth-order valence-electron chi connectivity index (χ4n) is 2.42. The van der Waals surface area contributed by atoms with Crippen molar-refractivity contribution < 1.29 is 0 Å². The summed E-state index contributed by atoms with van der Waals surface area (Å²) < 4.78 is 1.40. The molecule has 0 aliphatic heterocycles. The molecule has 0 spiro atoms. The molecule has 0 aliphatic carbocycles. The number of thiazole rings is 1. The summed E-state index contributed by atoms with van der Waals surface area (Å²) in [6, 6.07) is 8.89. The van der Waals surface area contributed by atoms with E-state index in [9.17, 15) is 0 Å². The van der Waals surface area contributed by atoms with Gasteiger partial charge in [0.15, 0.2) is 4.34 Å². The van der Waals surface area contributed by atoms with Crippen molar-refractivity contribution in [3.8, 4) is 0 Å². The van der Waals surface area contributed by atoms with Gasteiger partial charge in [-0.3, -0.25) is 0 Å². The number of benzene rings is 1. The van der Waals surface area contributed by atoms with Gasteiger partial charge in [0.25, 0.3) is 0 Å². The van der Waals surface area contributed by atoms with Crippen molar-refractivity contribution in [3.05, 3.63) is 40.9 Å². The van der Waals surface area contributed by atoms with Crippen LogP contribution in [0.15, 0.2) is 34.0 Å². The van der Waals surface area contributed by atoms with Crippen LogP contribution < -0.4 is 5.32 Å². The van der Waals surface area contributed by atoms with Crippen LogP contribution in [0, 0.1) is 0 Å². The summed E-state index contributed by atoms with van der Waals surface area (Å²) in [5.41, 5.74) is 3.83. The zero-order valence-electron chi connectivity index (χ0n) is 15.4. The van der Waals surface area contributed by atoms with Gasteiger partial charge >= 0.3 is 0 Å². The van der Waals surface area contributed by atoms with E-state index in [2.05, 4.69) is 62.7 Å². The van der Waals surface area contributed by atoms with Crippen LogP contribution in [0.3, 0.4) is 0 Å². The Kier molecular flexibility index (Phi) is 7.63.